The summed E-state index contributed by atoms with van der Waals surface area (Å²) in [5.74, 6) is 0. The average molecular weight is 429 g/mol. The Kier molecular flexibility index (Phi) is 5.54. The number of halogens is 1. The highest BCUT2D eigenvalue weighted by molar-refractivity contribution is 9.10. The van der Waals surface area contributed by atoms with Gasteiger partial charge in [0.2, 0.25) is 0 Å². The number of hydrogen-bond donors (Lipinski definition) is 1. The van der Waals surface area contributed by atoms with E-state index in [0.717, 1.165) is 15.6 Å². The van der Waals surface area contributed by atoms with Crippen molar-refractivity contribution in [1.82, 2.24) is 0 Å². The summed E-state index contributed by atoms with van der Waals surface area (Å²) in [6, 6.07) is 21.5. The molecule has 0 aliphatic carbocycles. The lowest BCUT2D eigenvalue weighted by Crippen LogP contribution is -2.13. The summed E-state index contributed by atoms with van der Waals surface area (Å²) >= 11 is 3.39. The fourth-order valence-electron chi connectivity index (χ4n) is 2.29. The molecule has 4 nitrogen and oxygen atoms in total. The molecule has 0 radical (unpaired) electrons. The molecule has 0 fully saturated rings. The van der Waals surface area contributed by atoms with Crippen molar-refractivity contribution in [3.63, 3.8) is 0 Å². The van der Waals surface area contributed by atoms with Gasteiger partial charge in [-0.2, -0.15) is 0 Å². The van der Waals surface area contributed by atoms with Crippen LogP contribution in [0.5, 0.6) is 0 Å². The maximum absolute atomic E-state index is 12.6. The molecule has 0 saturated heterocycles. The van der Waals surface area contributed by atoms with Crippen LogP contribution in [0, 0.1) is 6.92 Å². The number of nitrogens with zero attached hydrogens (tertiary/aromatic N) is 1. The Balaban J connectivity index is 1.87. The lowest BCUT2D eigenvalue weighted by molar-refractivity contribution is 0.601. The van der Waals surface area contributed by atoms with Gasteiger partial charge in [0, 0.05) is 10.7 Å². The Hall–Kier alpha value is -2.44. The maximum atomic E-state index is 12.6. The third kappa shape index (κ3) is 4.59. The molecule has 6 heteroatoms. The molecule has 0 spiro atoms. The number of sulfonamides is 1. The van der Waals surface area contributed by atoms with Gasteiger partial charge >= 0.3 is 0 Å². The van der Waals surface area contributed by atoms with Crippen LogP contribution in [0.15, 0.2) is 87.2 Å². The van der Waals surface area contributed by atoms with E-state index in [-0.39, 0.29) is 4.90 Å². The Morgan fingerprint density at radius 3 is 2.27 bits per heavy atom. The first-order valence-electron chi connectivity index (χ1n) is 7.92. The molecule has 3 aromatic rings. The van der Waals surface area contributed by atoms with Crippen molar-refractivity contribution in [3.05, 3.63) is 88.4 Å². The number of aryl methyl sites for hydroxylation is 1. The highest BCUT2D eigenvalue weighted by Gasteiger charge is 2.15. The van der Waals surface area contributed by atoms with E-state index in [9.17, 15) is 8.42 Å². The van der Waals surface area contributed by atoms with Gasteiger partial charge in [0.25, 0.3) is 10.0 Å². The molecule has 0 aromatic heterocycles. The number of hydrogen-bond acceptors (Lipinski definition) is 3. The summed E-state index contributed by atoms with van der Waals surface area (Å²) in [6.45, 7) is 1.91. The third-order valence-electron chi connectivity index (χ3n) is 3.70. The van der Waals surface area contributed by atoms with E-state index in [0.29, 0.717) is 11.4 Å². The third-order valence-corrected chi connectivity index (χ3v) is 5.61. The Morgan fingerprint density at radius 1 is 0.923 bits per heavy atom. The number of aliphatic imine (C=N–C) groups is 1. The lowest BCUT2D eigenvalue weighted by atomic mass is 10.2. The summed E-state index contributed by atoms with van der Waals surface area (Å²) < 4.78 is 28.8. The molecule has 0 unspecified atom stereocenters. The van der Waals surface area contributed by atoms with Gasteiger partial charge in [-0.1, -0.05) is 57.9 Å². The van der Waals surface area contributed by atoms with Gasteiger partial charge in [0.1, 0.15) is 0 Å². The van der Waals surface area contributed by atoms with Crippen LogP contribution in [-0.4, -0.2) is 14.6 Å². The van der Waals surface area contributed by atoms with Gasteiger partial charge in [0.15, 0.2) is 0 Å². The minimum Gasteiger partial charge on any atom is -0.277 e. The molecule has 0 bridgehead atoms. The first-order valence-corrected chi connectivity index (χ1v) is 10.2. The molecule has 0 aliphatic rings. The molecule has 3 aromatic carbocycles. The Labute approximate surface area is 161 Å². The molecule has 0 aliphatic heterocycles. The second-order valence-electron chi connectivity index (χ2n) is 5.75. The van der Waals surface area contributed by atoms with Crippen LogP contribution in [0.3, 0.4) is 0 Å². The van der Waals surface area contributed by atoms with Crippen LogP contribution >= 0.6 is 15.9 Å². The molecular weight excluding hydrogens is 412 g/mol. The standard InChI is InChI=1S/C20H17BrN2O2S/c1-15-6-12-18(13-7-15)26(24,25)23-20-5-3-2-4-19(20)22-14-16-8-10-17(21)11-9-16/h2-14,23H,1H3. The zero-order valence-electron chi connectivity index (χ0n) is 14.1. The second-order valence-corrected chi connectivity index (χ2v) is 8.34. The van der Waals surface area contributed by atoms with E-state index in [1.807, 2.05) is 37.3 Å². The van der Waals surface area contributed by atoms with Crippen molar-refractivity contribution in [1.29, 1.82) is 0 Å². The lowest BCUT2D eigenvalue weighted by Gasteiger charge is -2.10. The van der Waals surface area contributed by atoms with Gasteiger partial charge in [-0.25, -0.2) is 8.42 Å². The van der Waals surface area contributed by atoms with Gasteiger partial charge in [-0.15, -0.1) is 0 Å². The Morgan fingerprint density at radius 2 is 1.58 bits per heavy atom. The summed E-state index contributed by atoms with van der Waals surface area (Å²) in [4.78, 5) is 4.65. The summed E-state index contributed by atoms with van der Waals surface area (Å²) in [7, 11) is -3.67. The highest BCUT2D eigenvalue weighted by Crippen LogP contribution is 2.27. The van der Waals surface area contributed by atoms with Crippen molar-refractivity contribution in [2.75, 3.05) is 4.72 Å². The first kappa shape index (κ1) is 18.4. The molecule has 0 atom stereocenters. The molecule has 0 heterocycles. The Bertz CT molecular complexity index is 1030. The molecular formula is C20H17BrN2O2S. The second kappa shape index (κ2) is 7.85. The largest absolute Gasteiger partial charge is 0.277 e. The molecule has 132 valence electrons. The fraction of sp³-hybridized carbons (Fsp3) is 0.0500. The predicted molar refractivity (Wildman–Crippen MR) is 110 cm³/mol. The minimum absolute atomic E-state index is 0.217. The van der Waals surface area contributed by atoms with Crippen molar-refractivity contribution in [2.24, 2.45) is 4.99 Å². The van der Waals surface area contributed by atoms with E-state index in [1.165, 1.54) is 0 Å². The van der Waals surface area contributed by atoms with Gasteiger partial charge < -0.3 is 0 Å². The van der Waals surface area contributed by atoms with E-state index >= 15 is 0 Å². The van der Waals surface area contributed by atoms with E-state index in [2.05, 4.69) is 25.6 Å². The molecule has 1 N–H and O–H groups in total. The number of anilines is 1. The van der Waals surface area contributed by atoms with Crippen molar-refractivity contribution in [3.8, 4) is 0 Å². The number of rotatable bonds is 5. The average Bonchev–Trinajstić information content (AvgIpc) is 2.62. The van der Waals surface area contributed by atoms with Crippen molar-refractivity contribution >= 4 is 43.5 Å². The first-order chi connectivity index (χ1) is 12.4. The summed E-state index contributed by atoms with van der Waals surface area (Å²) in [5, 5.41) is 0. The highest BCUT2D eigenvalue weighted by atomic mass is 79.9. The SMILES string of the molecule is Cc1ccc(S(=O)(=O)Nc2ccccc2N=Cc2ccc(Br)cc2)cc1. The number of para-hydroxylation sites is 2. The summed E-state index contributed by atoms with van der Waals surface area (Å²) in [5.41, 5.74) is 2.90. The van der Waals surface area contributed by atoms with Crippen molar-refractivity contribution in [2.45, 2.75) is 11.8 Å². The van der Waals surface area contributed by atoms with Crippen LogP contribution in [0.4, 0.5) is 11.4 Å². The van der Waals surface area contributed by atoms with Crippen LogP contribution in [0.2, 0.25) is 0 Å². The smallest absolute Gasteiger partial charge is 0.261 e. The van der Waals surface area contributed by atoms with Crippen LogP contribution in [0.25, 0.3) is 0 Å². The number of benzene rings is 3. The molecule has 0 saturated carbocycles. The fourth-order valence-corrected chi connectivity index (χ4v) is 3.63. The van der Waals surface area contributed by atoms with Crippen LogP contribution < -0.4 is 4.72 Å². The van der Waals surface area contributed by atoms with Crippen LogP contribution in [-0.2, 0) is 10.0 Å². The normalized spacial score (nSPS) is 11.6. The zero-order chi connectivity index (χ0) is 18.6. The molecule has 3 rings (SSSR count). The van der Waals surface area contributed by atoms with E-state index in [4.69, 9.17) is 0 Å². The summed E-state index contributed by atoms with van der Waals surface area (Å²) in [6.07, 6.45) is 1.70. The number of nitrogens with one attached hydrogen (secondary N) is 1. The van der Waals surface area contributed by atoms with Crippen molar-refractivity contribution < 1.29 is 8.42 Å². The van der Waals surface area contributed by atoms with E-state index in [1.54, 1.807) is 48.7 Å². The molecule has 26 heavy (non-hydrogen) atoms. The van der Waals surface area contributed by atoms with E-state index < -0.39 is 10.0 Å². The molecule has 0 amide bonds. The monoisotopic (exact) mass is 428 g/mol. The van der Waals surface area contributed by atoms with Crippen LogP contribution in [0.1, 0.15) is 11.1 Å². The topological polar surface area (TPSA) is 58.5 Å². The van der Waals surface area contributed by atoms with Gasteiger partial charge in [0.05, 0.1) is 16.3 Å². The predicted octanol–water partition coefficient (Wildman–Crippen LogP) is 5.31. The minimum atomic E-state index is -3.67. The van der Waals surface area contributed by atoms with Gasteiger partial charge in [-0.3, -0.25) is 9.71 Å². The van der Waals surface area contributed by atoms with Gasteiger partial charge in [-0.05, 0) is 48.9 Å². The zero-order valence-corrected chi connectivity index (χ0v) is 16.5. The quantitative estimate of drug-likeness (QED) is 0.559. The maximum Gasteiger partial charge on any atom is 0.261 e.